The van der Waals surface area contributed by atoms with E-state index in [2.05, 4.69) is 21.2 Å². The van der Waals surface area contributed by atoms with E-state index < -0.39 is 17.4 Å². The molecule has 0 aliphatic carbocycles. The van der Waals surface area contributed by atoms with Gasteiger partial charge >= 0.3 is 0 Å². The minimum absolute atomic E-state index is 0.0581. The Balaban J connectivity index is 2.41. The van der Waals surface area contributed by atoms with Crippen molar-refractivity contribution in [3.05, 3.63) is 55.8 Å². The molecule has 0 bridgehead atoms. The molecule has 2 heterocycles. The van der Waals surface area contributed by atoms with Gasteiger partial charge in [-0.05, 0) is 18.2 Å². The Morgan fingerprint density at radius 1 is 1.18 bits per heavy atom. The van der Waals surface area contributed by atoms with Gasteiger partial charge in [0.1, 0.15) is 11.9 Å². The fraction of sp³-hybridized carbons (Fsp3) is 0. The summed E-state index contributed by atoms with van der Waals surface area (Å²) in [5.41, 5.74) is 5.64. The molecule has 1 aromatic heterocycles. The number of imide groups is 1. The minimum Gasteiger partial charge on any atom is -0.384 e. The van der Waals surface area contributed by atoms with Gasteiger partial charge in [-0.2, -0.15) is 5.26 Å². The monoisotopic (exact) mass is 358 g/mol. The number of benzene rings is 1. The summed E-state index contributed by atoms with van der Waals surface area (Å²) in [6, 6.07) is 7.70. The summed E-state index contributed by atoms with van der Waals surface area (Å²) in [6.07, 6.45) is 0. The van der Waals surface area contributed by atoms with Crippen molar-refractivity contribution in [2.45, 2.75) is 0 Å². The predicted octanol–water partition coefficient (Wildman–Crippen LogP) is 0.937. The van der Waals surface area contributed by atoms with Crippen molar-refractivity contribution in [3.63, 3.8) is 0 Å². The van der Waals surface area contributed by atoms with Gasteiger partial charge in [0.2, 0.25) is 0 Å². The molecule has 0 saturated heterocycles. The van der Waals surface area contributed by atoms with Gasteiger partial charge < -0.3 is 5.73 Å². The van der Waals surface area contributed by atoms with Crippen LogP contribution in [0.15, 0.2) is 33.5 Å². The third-order valence-corrected chi connectivity index (χ3v) is 3.77. The number of pyridine rings is 1. The highest BCUT2D eigenvalue weighted by atomic mass is 79.9. The largest absolute Gasteiger partial charge is 0.384 e. The third kappa shape index (κ3) is 1.91. The number of aromatic nitrogens is 1. The smallest absolute Gasteiger partial charge is 0.262 e. The quantitative estimate of drug-likeness (QED) is 0.735. The second-order valence-electron chi connectivity index (χ2n) is 4.55. The van der Waals surface area contributed by atoms with Crippen LogP contribution in [0.5, 0.6) is 0 Å². The molecule has 3 N–H and O–H groups in total. The van der Waals surface area contributed by atoms with E-state index in [-0.39, 0.29) is 28.2 Å². The van der Waals surface area contributed by atoms with E-state index in [0.717, 1.165) is 10.6 Å². The molecule has 7 nitrogen and oxygen atoms in total. The lowest BCUT2D eigenvalue weighted by atomic mass is 10.1. The SMILES string of the molecule is N#Cc1ccc(Br)cc1-n1c(N)c2c(cc1=O)C(=O)NC2=O. The van der Waals surface area contributed by atoms with Crippen LogP contribution in [0.4, 0.5) is 5.82 Å². The van der Waals surface area contributed by atoms with Crippen LogP contribution in [0.3, 0.4) is 0 Å². The Hall–Kier alpha value is -2.92. The molecule has 0 spiro atoms. The molecular formula is C14H7BrN4O3. The van der Waals surface area contributed by atoms with Gasteiger partial charge in [0.15, 0.2) is 0 Å². The number of carbonyl (C=O) groups is 2. The molecule has 1 aromatic carbocycles. The molecule has 0 saturated carbocycles. The Labute approximate surface area is 132 Å². The van der Waals surface area contributed by atoms with Crippen molar-refractivity contribution < 1.29 is 9.59 Å². The summed E-state index contributed by atoms with van der Waals surface area (Å²) in [7, 11) is 0. The number of nitrogens with zero attached hydrogens (tertiary/aromatic N) is 2. The number of halogens is 1. The molecule has 108 valence electrons. The molecular weight excluding hydrogens is 352 g/mol. The number of rotatable bonds is 1. The first-order valence-corrected chi connectivity index (χ1v) is 6.84. The molecule has 0 unspecified atom stereocenters. The zero-order chi connectivity index (χ0) is 16.0. The van der Waals surface area contributed by atoms with Crippen LogP contribution in [-0.4, -0.2) is 16.4 Å². The van der Waals surface area contributed by atoms with E-state index >= 15 is 0 Å². The minimum atomic E-state index is -0.667. The van der Waals surface area contributed by atoms with Crippen LogP contribution in [0.25, 0.3) is 5.69 Å². The maximum Gasteiger partial charge on any atom is 0.262 e. The molecule has 0 fully saturated rings. The number of amides is 2. The van der Waals surface area contributed by atoms with Crippen molar-refractivity contribution in [3.8, 4) is 11.8 Å². The zero-order valence-electron chi connectivity index (χ0n) is 10.9. The molecule has 8 heteroatoms. The van der Waals surface area contributed by atoms with Gasteiger partial charge in [0.05, 0.1) is 22.4 Å². The number of carbonyl (C=O) groups excluding carboxylic acids is 2. The predicted molar refractivity (Wildman–Crippen MR) is 80.7 cm³/mol. The second kappa shape index (κ2) is 4.82. The number of nitriles is 1. The van der Waals surface area contributed by atoms with E-state index in [0.29, 0.717) is 4.47 Å². The first-order chi connectivity index (χ1) is 10.4. The maximum absolute atomic E-state index is 12.3. The lowest BCUT2D eigenvalue weighted by Crippen LogP contribution is -2.24. The summed E-state index contributed by atoms with van der Waals surface area (Å²) >= 11 is 3.26. The fourth-order valence-electron chi connectivity index (χ4n) is 2.31. The van der Waals surface area contributed by atoms with Gasteiger partial charge in [0.25, 0.3) is 17.4 Å². The van der Waals surface area contributed by atoms with Gasteiger partial charge in [-0.15, -0.1) is 0 Å². The van der Waals surface area contributed by atoms with Crippen LogP contribution < -0.4 is 16.6 Å². The molecule has 2 aromatic rings. The van der Waals surface area contributed by atoms with Crippen LogP contribution in [0.1, 0.15) is 26.3 Å². The van der Waals surface area contributed by atoms with Gasteiger partial charge in [-0.3, -0.25) is 24.3 Å². The molecule has 2 amide bonds. The number of nitrogens with two attached hydrogens (primary N) is 1. The summed E-state index contributed by atoms with van der Waals surface area (Å²) in [4.78, 5) is 35.7. The number of anilines is 1. The van der Waals surface area contributed by atoms with Crippen LogP contribution >= 0.6 is 15.9 Å². The number of fused-ring (bicyclic) bond motifs is 1. The highest BCUT2D eigenvalue weighted by Gasteiger charge is 2.32. The van der Waals surface area contributed by atoms with E-state index in [1.807, 2.05) is 6.07 Å². The third-order valence-electron chi connectivity index (χ3n) is 3.27. The number of hydrogen-bond donors (Lipinski definition) is 2. The Morgan fingerprint density at radius 2 is 1.91 bits per heavy atom. The van der Waals surface area contributed by atoms with E-state index in [9.17, 15) is 19.6 Å². The topological polar surface area (TPSA) is 118 Å². The van der Waals surface area contributed by atoms with Crippen molar-refractivity contribution in [1.82, 2.24) is 9.88 Å². The average molecular weight is 359 g/mol. The molecule has 0 radical (unpaired) electrons. The highest BCUT2D eigenvalue weighted by Crippen LogP contribution is 2.26. The van der Waals surface area contributed by atoms with Gasteiger partial charge in [-0.1, -0.05) is 15.9 Å². The van der Waals surface area contributed by atoms with E-state index in [4.69, 9.17) is 5.73 Å². The fourth-order valence-corrected chi connectivity index (χ4v) is 2.66. The first-order valence-electron chi connectivity index (χ1n) is 6.05. The maximum atomic E-state index is 12.3. The van der Waals surface area contributed by atoms with Crippen molar-refractivity contribution in [1.29, 1.82) is 5.26 Å². The lowest BCUT2D eigenvalue weighted by molar-refractivity contribution is 0.0880. The summed E-state index contributed by atoms with van der Waals surface area (Å²) in [6.45, 7) is 0. The number of nitrogen functional groups attached to an aromatic ring is 1. The second-order valence-corrected chi connectivity index (χ2v) is 5.46. The summed E-state index contributed by atoms with van der Waals surface area (Å²) in [5.74, 6) is -1.51. The van der Waals surface area contributed by atoms with Crippen LogP contribution in [0.2, 0.25) is 0 Å². The van der Waals surface area contributed by atoms with E-state index in [1.54, 1.807) is 6.07 Å². The lowest BCUT2D eigenvalue weighted by Gasteiger charge is -2.13. The Bertz CT molecular complexity index is 956. The summed E-state index contributed by atoms with van der Waals surface area (Å²) < 4.78 is 1.68. The summed E-state index contributed by atoms with van der Waals surface area (Å²) in [5, 5.41) is 11.3. The Kier molecular flexibility index (Phi) is 3.08. The van der Waals surface area contributed by atoms with Gasteiger partial charge in [0, 0.05) is 10.5 Å². The molecule has 3 rings (SSSR count). The normalized spacial score (nSPS) is 12.7. The molecule has 22 heavy (non-hydrogen) atoms. The van der Waals surface area contributed by atoms with Crippen molar-refractivity contribution in [2.24, 2.45) is 0 Å². The van der Waals surface area contributed by atoms with E-state index in [1.165, 1.54) is 12.1 Å². The molecule has 0 atom stereocenters. The standard InChI is InChI=1S/C14H7BrN4O3/c15-7-2-1-6(5-16)9(3-7)19-10(20)4-8-11(12(19)17)14(22)18-13(8)21/h1-4H,17H2,(H,18,21,22). The number of nitrogens with one attached hydrogen (secondary N) is 1. The zero-order valence-corrected chi connectivity index (χ0v) is 12.5. The average Bonchev–Trinajstić information content (AvgIpc) is 2.74. The van der Waals surface area contributed by atoms with Crippen LogP contribution in [-0.2, 0) is 0 Å². The molecule has 1 aliphatic heterocycles. The van der Waals surface area contributed by atoms with Crippen molar-refractivity contribution in [2.75, 3.05) is 5.73 Å². The first kappa shape index (κ1) is 14.0. The van der Waals surface area contributed by atoms with Crippen molar-refractivity contribution >= 4 is 33.6 Å². The van der Waals surface area contributed by atoms with Crippen LogP contribution in [0, 0.1) is 11.3 Å². The van der Waals surface area contributed by atoms with Gasteiger partial charge in [-0.25, -0.2) is 0 Å². The number of hydrogen-bond acceptors (Lipinski definition) is 5. The highest BCUT2D eigenvalue weighted by molar-refractivity contribution is 9.10. The molecule has 1 aliphatic rings. The Morgan fingerprint density at radius 3 is 2.59 bits per heavy atom.